The molecule has 2 N–H and O–H groups in total. The lowest BCUT2D eigenvalue weighted by Gasteiger charge is -2.28. The number of likely N-dealkylation sites (N-methyl/N-ethyl adjacent to an activating group) is 1. The number of ether oxygens (including phenoxy) is 1. The van der Waals surface area contributed by atoms with Crippen LogP contribution in [-0.4, -0.2) is 43.2 Å². The number of carbonyl (C=O) groups is 1. The van der Waals surface area contributed by atoms with Gasteiger partial charge in [0.1, 0.15) is 0 Å². The van der Waals surface area contributed by atoms with E-state index in [1.807, 2.05) is 18.7 Å². The van der Waals surface area contributed by atoms with Crippen molar-refractivity contribution in [2.24, 2.45) is 11.7 Å². The molecule has 0 aromatic heterocycles. The molecule has 4 heteroatoms. The molecule has 0 aliphatic heterocycles. The van der Waals surface area contributed by atoms with Gasteiger partial charge in [0.15, 0.2) is 0 Å². The second kappa shape index (κ2) is 8.48. The van der Waals surface area contributed by atoms with Gasteiger partial charge < -0.3 is 15.4 Å². The zero-order valence-corrected chi connectivity index (χ0v) is 11.9. The Morgan fingerprint density at radius 1 is 1.28 bits per heavy atom. The predicted molar refractivity (Wildman–Crippen MR) is 73.3 cm³/mol. The molecule has 1 fully saturated rings. The zero-order valence-electron chi connectivity index (χ0n) is 11.9. The maximum atomic E-state index is 12.5. The van der Waals surface area contributed by atoms with E-state index in [2.05, 4.69) is 0 Å². The van der Waals surface area contributed by atoms with Crippen molar-refractivity contribution in [2.45, 2.75) is 52.0 Å². The van der Waals surface area contributed by atoms with Gasteiger partial charge in [-0.25, -0.2) is 0 Å². The first-order valence-corrected chi connectivity index (χ1v) is 7.32. The van der Waals surface area contributed by atoms with Crippen LogP contribution in [0.4, 0.5) is 0 Å². The highest BCUT2D eigenvalue weighted by atomic mass is 16.5. The van der Waals surface area contributed by atoms with E-state index < -0.39 is 0 Å². The third-order valence-corrected chi connectivity index (χ3v) is 3.79. The molecule has 0 aromatic carbocycles. The number of nitrogens with two attached hydrogens (primary N) is 1. The third kappa shape index (κ3) is 4.58. The summed E-state index contributed by atoms with van der Waals surface area (Å²) in [5, 5.41) is 0. The highest BCUT2D eigenvalue weighted by Crippen LogP contribution is 2.24. The van der Waals surface area contributed by atoms with Gasteiger partial charge in [-0.2, -0.15) is 0 Å². The van der Waals surface area contributed by atoms with Crippen molar-refractivity contribution in [2.75, 3.05) is 26.3 Å². The molecule has 4 nitrogen and oxygen atoms in total. The van der Waals surface area contributed by atoms with Crippen LogP contribution in [0.3, 0.4) is 0 Å². The predicted octanol–water partition coefficient (Wildman–Crippen LogP) is 1.78. The first kappa shape index (κ1) is 15.4. The molecule has 1 rings (SSSR count). The molecule has 18 heavy (non-hydrogen) atoms. The third-order valence-electron chi connectivity index (χ3n) is 3.79. The van der Waals surface area contributed by atoms with Crippen molar-refractivity contribution in [1.29, 1.82) is 0 Å². The van der Waals surface area contributed by atoms with E-state index in [4.69, 9.17) is 10.5 Å². The van der Waals surface area contributed by atoms with Crippen LogP contribution in [0.15, 0.2) is 0 Å². The highest BCUT2D eigenvalue weighted by molar-refractivity contribution is 5.79. The zero-order chi connectivity index (χ0) is 13.4. The Morgan fingerprint density at radius 3 is 2.67 bits per heavy atom. The van der Waals surface area contributed by atoms with E-state index in [0.717, 1.165) is 32.2 Å². The molecule has 1 aliphatic carbocycles. The summed E-state index contributed by atoms with van der Waals surface area (Å²) in [4.78, 5) is 14.4. The van der Waals surface area contributed by atoms with Gasteiger partial charge in [0, 0.05) is 25.7 Å². The standard InChI is InChI=1S/C14H28N2O2/c1-3-16(10-11-18-4-2)14(17)12-8-6-5-7-9-13(12)15/h12-13H,3-11,15H2,1-2H3. The maximum Gasteiger partial charge on any atom is 0.227 e. The van der Waals surface area contributed by atoms with Crippen molar-refractivity contribution in [3.8, 4) is 0 Å². The van der Waals surface area contributed by atoms with Gasteiger partial charge in [-0.05, 0) is 26.7 Å². The summed E-state index contributed by atoms with van der Waals surface area (Å²) >= 11 is 0. The van der Waals surface area contributed by atoms with Crippen molar-refractivity contribution in [3.63, 3.8) is 0 Å². The van der Waals surface area contributed by atoms with Crippen LogP contribution in [-0.2, 0) is 9.53 Å². The second-order valence-electron chi connectivity index (χ2n) is 5.02. The summed E-state index contributed by atoms with van der Waals surface area (Å²) in [5.74, 6) is 0.251. The SMILES string of the molecule is CCOCCN(CC)C(=O)C1CCCCCC1N. The monoisotopic (exact) mass is 256 g/mol. The highest BCUT2D eigenvalue weighted by Gasteiger charge is 2.29. The molecule has 2 unspecified atom stereocenters. The number of amides is 1. The lowest BCUT2D eigenvalue weighted by atomic mass is 9.94. The molecule has 1 amide bonds. The average Bonchev–Trinajstić information content (AvgIpc) is 2.59. The molecule has 1 saturated carbocycles. The summed E-state index contributed by atoms with van der Waals surface area (Å²) in [6.07, 6.45) is 5.44. The number of carbonyl (C=O) groups excluding carboxylic acids is 1. The molecule has 1 aliphatic rings. The Hall–Kier alpha value is -0.610. The van der Waals surface area contributed by atoms with E-state index in [1.165, 1.54) is 6.42 Å². The number of rotatable bonds is 6. The molecule has 2 atom stereocenters. The molecule has 0 heterocycles. The maximum absolute atomic E-state index is 12.5. The van der Waals surface area contributed by atoms with Crippen LogP contribution >= 0.6 is 0 Å². The molecule has 0 bridgehead atoms. The average molecular weight is 256 g/mol. The number of hydrogen-bond acceptors (Lipinski definition) is 3. The molecule has 0 spiro atoms. The molecular weight excluding hydrogens is 228 g/mol. The summed E-state index contributed by atoms with van der Waals surface area (Å²) < 4.78 is 5.33. The topological polar surface area (TPSA) is 55.6 Å². The van der Waals surface area contributed by atoms with E-state index in [1.54, 1.807) is 0 Å². The minimum atomic E-state index is 0.0223. The fraction of sp³-hybridized carbons (Fsp3) is 0.929. The molecule has 0 radical (unpaired) electrons. The Bertz CT molecular complexity index is 246. The van der Waals surface area contributed by atoms with Crippen molar-refractivity contribution in [3.05, 3.63) is 0 Å². The van der Waals surface area contributed by atoms with Gasteiger partial charge in [0.2, 0.25) is 5.91 Å². The van der Waals surface area contributed by atoms with Crippen LogP contribution in [0, 0.1) is 5.92 Å². The summed E-state index contributed by atoms with van der Waals surface area (Å²) in [7, 11) is 0. The summed E-state index contributed by atoms with van der Waals surface area (Å²) in [5.41, 5.74) is 6.15. The smallest absolute Gasteiger partial charge is 0.227 e. The normalized spacial score (nSPS) is 24.6. The molecule has 0 saturated heterocycles. The molecular formula is C14H28N2O2. The minimum absolute atomic E-state index is 0.0223. The Balaban J connectivity index is 2.52. The van der Waals surface area contributed by atoms with Gasteiger partial charge in [-0.3, -0.25) is 4.79 Å². The number of hydrogen-bond donors (Lipinski definition) is 1. The van der Waals surface area contributed by atoms with E-state index in [-0.39, 0.29) is 17.9 Å². The van der Waals surface area contributed by atoms with Crippen molar-refractivity contribution in [1.82, 2.24) is 4.90 Å². The largest absolute Gasteiger partial charge is 0.380 e. The fourth-order valence-electron chi connectivity index (χ4n) is 2.62. The molecule has 106 valence electrons. The van der Waals surface area contributed by atoms with Crippen molar-refractivity contribution < 1.29 is 9.53 Å². The minimum Gasteiger partial charge on any atom is -0.380 e. The van der Waals surface area contributed by atoms with Crippen LogP contribution in [0.25, 0.3) is 0 Å². The van der Waals surface area contributed by atoms with Gasteiger partial charge in [0.05, 0.1) is 12.5 Å². The number of nitrogens with zero attached hydrogens (tertiary/aromatic N) is 1. The lowest BCUT2D eigenvalue weighted by molar-refractivity contribution is -0.137. The summed E-state index contributed by atoms with van der Waals surface area (Å²) in [6.45, 7) is 6.75. The van der Waals surface area contributed by atoms with Gasteiger partial charge >= 0.3 is 0 Å². The van der Waals surface area contributed by atoms with Crippen LogP contribution < -0.4 is 5.73 Å². The molecule has 0 aromatic rings. The Labute approximate surface area is 111 Å². The Kier molecular flexibility index (Phi) is 7.28. The van der Waals surface area contributed by atoms with Gasteiger partial charge in [-0.1, -0.05) is 19.3 Å². The van der Waals surface area contributed by atoms with Gasteiger partial charge in [0.25, 0.3) is 0 Å². The second-order valence-corrected chi connectivity index (χ2v) is 5.02. The summed E-state index contributed by atoms with van der Waals surface area (Å²) in [6, 6.07) is 0.0427. The quantitative estimate of drug-likeness (QED) is 0.582. The lowest BCUT2D eigenvalue weighted by Crippen LogP contribution is -2.44. The van der Waals surface area contributed by atoms with E-state index >= 15 is 0 Å². The van der Waals surface area contributed by atoms with E-state index in [9.17, 15) is 4.79 Å². The van der Waals surface area contributed by atoms with Crippen molar-refractivity contribution >= 4 is 5.91 Å². The fourth-order valence-corrected chi connectivity index (χ4v) is 2.62. The van der Waals surface area contributed by atoms with Gasteiger partial charge in [-0.15, -0.1) is 0 Å². The van der Waals surface area contributed by atoms with Crippen LogP contribution in [0.1, 0.15) is 46.0 Å². The first-order valence-electron chi connectivity index (χ1n) is 7.32. The van der Waals surface area contributed by atoms with Crippen LogP contribution in [0.2, 0.25) is 0 Å². The van der Waals surface area contributed by atoms with Crippen LogP contribution in [0.5, 0.6) is 0 Å². The first-order chi connectivity index (χ1) is 8.70. The van der Waals surface area contributed by atoms with E-state index in [0.29, 0.717) is 19.8 Å². The Morgan fingerprint density at radius 2 is 2.00 bits per heavy atom.